The van der Waals surface area contributed by atoms with E-state index < -0.39 is 6.10 Å². The van der Waals surface area contributed by atoms with Gasteiger partial charge in [0, 0.05) is 43.4 Å². The second-order valence-electron chi connectivity index (χ2n) is 9.21. The Balaban J connectivity index is 1.50. The minimum atomic E-state index is -0.489. The van der Waals surface area contributed by atoms with Crippen molar-refractivity contribution in [3.8, 4) is 28.5 Å². The number of carbonyl (C=O) groups is 1. The van der Waals surface area contributed by atoms with Gasteiger partial charge in [0.05, 0.1) is 39.3 Å². The van der Waals surface area contributed by atoms with E-state index in [0.29, 0.717) is 49.1 Å². The molecule has 0 saturated carbocycles. The van der Waals surface area contributed by atoms with E-state index in [1.807, 2.05) is 42.1 Å². The van der Waals surface area contributed by atoms with Crippen LogP contribution < -0.4 is 19.5 Å². The van der Waals surface area contributed by atoms with Crippen molar-refractivity contribution in [1.29, 1.82) is 0 Å². The quantitative estimate of drug-likeness (QED) is 0.547. The molecule has 0 unspecified atom stereocenters. The van der Waals surface area contributed by atoms with Crippen molar-refractivity contribution in [2.24, 2.45) is 0 Å². The number of aromatic nitrogens is 3. The lowest BCUT2D eigenvalue weighted by Crippen LogP contribution is -2.41. The molecule has 3 aromatic rings. The van der Waals surface area contributed by atoms with Crippen molar-refractivity contribution in [3.63, 3.8) is 0 Å². The predicted octanol–water partition coefficient (Wildman–Crippen LogP) is 1.77. The fraction of sp³-hybridized carbons (Fsp3) is 0.480. The molecule has 4 bridgehead atoms. The Labute approximate surface area is 209 Å². The van der Waals surface area contributed by atoms with Gasteiger partial charge in [0.2, 0.25) is 0 Å². The molecule has 11 heteroatoms. The summed E-state index contributed by atoms with van der Waals surface area (Å²) in [5.41, 5.74) is 3.25. The summed E-state index contributed by atoms with van der Waals surface area (Å²) >= 11 is 0. The maximum absolute atomic E-state index is 13.2. The van der Waals surface area contributed by atoms with Crippen LogP contribution in [-0.4, -0.2) is 104 Å². The van der Waals surface area contributed by atoms with Crippen molar-refractivity contribution >= 4 is 17.2 Å². The van der Waals surface area contributed by atoms with Gasteiger partial charge in [0.25, 0.3) is 11.8 Å². The highest BCUT2D eigenvalue weighted by Crippen LogP contribution is 2.34. The number of rotatable bonds is 6. The molecule has 0 spiro atoms. The number of likely N-dealkylation sites (N-methyl/N-ethyl adjacent to an activating group) is 1. The van der Waals surface area contributed by atoms with Crippen LogP contribution in [0.15, 0.2) is 30.6 Å². The molecule has 1 amide bonds. The zero-order chi connectivity index (χ0) is 25.2. The van der Waals surface area contributed by atoms with Gasteiger partial charge in [-0.05, 0) is 31.8 Å². The number of nitrogens with one attached hydrogen (secondary N) is 1. The molecule has 5 rings (SSSR count). The van der Waals surface area contributed by atoms with E-state index in [1.54, 1.807) is 31.1 Å². The molecule has 1 N–H and O–H groups in total. The summed E-state index contributed by atoms with van der Waals surface area (Å²) in [5.74, 6) is 1.51. The number of ether oxygens (including phenoxy) is 4. The van der Waals surface area contributed by atoms with Crippen LogP contribution in [0.3, 0.4) is 0 Å². The Hall–Kier alpha value is -3.57. The van der Waals surface area contributed by atoms with Gasteiger partial charge in [-0.3, -0.25) is 4.79 Å². The van der Waals surface area contributed by atoms with Gasteiger partial charge in [-0.2, -0.15) is 10.1 Å². The molecule has 1 fully saturated rings. The average Bonchev–Trinajstić information content (AvgIpc) is 3.41. The topological polar surface area (TPSA) is 103 Å². The molecule has 11 nitrogen and oxygen atoms in total. The molecule has 0 aliphatic carbocycles. The zero-order valence-electron chi connectivity index (χ0n) is 21.1. The highest BCUT2D eigenvalue weighted by molar-refractivity contribution is 5.84. The first-order chi connectivity index (χ1) is 17.5. The van der Waals surface area contributed by atoms with E-state index >= 15 is 0 Å². The standard InChI is InChI=1S/C25H32N6O5/c1-29(2)7-8-35-21-12-18-15-36-24-22(34-4)14-31-23(28-24)20(13-27-31)16-9-17(11-19(10-16)33-3)26-5-6-30(18)25(21)32/h9-11,13-14,18,21,26H,5-8,12,15H2,1-4H3/t18-,21+/m0/s1. The van der Waals surface area contributed by atoms with Crippen LogP contribution in [0.5, 0.6) is 17.4 Å². The second-order valence-corrected chi connectivity index (χ2v) is 9.21. The van der Waals surface area contributed by atoms with Crippen molar-refractivity contribution in [2.45, 2.75) is 18.6 Å². The average molecular weight is 497 g/mol. The van der Waals surface area contributed by atoms with Crippen LogP contribution in [0.25, 0.3) is 16.8 Å². The minimum Gasteiger partial charge on any atom is -0.497 e. The smallest absolute Gasteiger partial charge is 0.260 e. The van der Waals surface area contributed by atoms with Crippen molar-refractivity contribution in [1.82, 2.24) is 24.4 Å². The van der Waals surface area contributed by atoms with Gasteiger partial charge < -0.3 is 34.1 Å². The number of benzene rings is 1. The fourth-order valence-electron chi connectivity index (χ4n) is 4.60. The Morgan fingerprint density at radius 2 is 2.08 bits per heavy atom. The van der Waals surface area contributed by atoms with E-state index in [4.69, 9.17) is 23.9 Å². The predicted molar refractivity (Wildman–Crippen MR) is 134 cm³/mol. The van der Waals surface area contributed by atoms with Gasteiger partial charge in [-0.1, -0.05) is 0 Å². The third-order valence-electron chi connectivity index (χ3n) is 6.54. The summed E-state index contributed by atoms with van der Waals surface area (Å²) in [6.07, 6.45) is 3.58. The second kappa shape index (κ2) is 10.2. The first kappa shape index (κ1) is 24.1. The van der Waals surface area contributed by atoms with E-state index in [9.17, 15) is 4.79 Å². The molecular formula is C25H32N6O5. The van der Waals surface area contributed by atoms with E-state index in [2.05, 4.69) is 10.4 Å². The minimum absolute atomic E-state index is 0.0176. The normalized spacial score (nSPS) is 19.7. The van der Waals surface area contributed by atoms with E-state index in [1.165, 1.54) is 0 Å². The summed E-state index contributed by atoms with van der Waals surface area (Å²) < 4.78 is 24.9. The molecule has 192 valence electrons. The van der Waals surface area contributed by atoms with Gasteiger partial charge in [-0.15, -0.1) is 0 Å². The van der Waals surface area contributed by atoms with E-state index in [-0.39, 0.29) is 18.6 Å². The molecule has 1 aromatic carbocycles. The van der Waals surface area contributed by atoms with Gasteiger partial charge in [0.15, 0.2) is 11.4 Å². The van der Waals surface area contributed by atoms with Gasteiger partial charge >= 0.3 is 0 Å². The Morgan fingerprint density at radius 1 is 1.22 bits per heavy atom. The van der Waals surface area contributed by atoms with E-state index in [0.717, 1.165) is 23.4 Å². The first-order valence-electron chi connectivity index (χ1n) is 12.0. The number of anilines is 1. The lowest BCUT2D eigenvalue weighted by molar-refractivity contribution is -0.138. The number of fused-ring (bicyclic) bond motifs is 5. The maximum atomic E-state index is 13.2. The van der Waals surface area contributed by atoms with Crippen LogP contribution in [0.1, 0.15) is 6.42 Å². The summed E-state index contributed by atoms with van der Waals surface area (Å²) in [6, 6.07) is 5.74. The number of amides is 1. The molecule has 0 radical (unpaired) electrons. The number of nitrogens with zero attached hydrogens (tertiary/aromatic N) is 5. The molecule has 4 heterocycles. The summed E-state index contributed by atoms with van der Waals surface area (Å²) in [6.45, 7) is 2.59. The third kappa shape index (κ3) is 4.76. The van der Waals surface area contributed by atoms with Crippen molar-refractivity contribution in [2.75, 3.05) is 66.5 Å². The van der Waals surface area contributed by atoms with Crippen molar-refractivity contribution < 1.29 is 23.7 Å². The van der Waals surface area contributed by atoms with Gasteiger partial charge in [-0.25, -0.2) is 4.52 Å². The molecular weight excluding hydrogens is 464 g/mol. The first-order valence-corrected chi connectivity index (χ1v) is 12.0. The van der Waals surface area contributed by atoms with Crippen LogP contribution in [0.4, 0.5) is 5.69 Å². The summed E-state index contributed by atoms with van der Waals surface area (Å²) in [7, 11) is 7.16. The highest BCUT2D eigenvalue weighted by atomic mass is 16.5. The lowest BCUT2D eigenvalue weighted by atomic mass is 10.1. The highest BCUT2D eigenvalue weighted by Gasteiger charge is 2.40. The Morgan fingerprint density at radius 3 is 2.86 bits per heavy atom. The molecule has 36 heavy (non-hydrogen) atoms. The van der Waals surface area contributed by atoms with Crippen molar-refractivity contribution in [3.05, 3.63) is 30.6 Å². The molecule has 1 saturated heterocycles. The number of hydrogen-bond acceptors (Lipinski definition) is 9. The number of carbonyl (C=O) groups excluding carboxylic acids is 1. The third-order valence-corrected chi connectivity index (χ3v) is 6.54. The number of hydrogen-bond donors (Lipinski definition) is 1. The van der Waals surface area contributed by atoms with Crippen LogP contribution >= 0.6 is 0 Å². The molecule has 2 aliphatic heterocycles. The SMILES string of the molecule is COc1cc2cc(c1)-c1cnn3cc(OC)c(nc13)OC[C@@H]1C[C@@H](OCCN(C)C)C(=O)N1CCN2. The fourth-order valence-corrected chi connectivity index (χ4v) is 4.60. The summed E-state index contributed by atoms with van der Waals surface area (Å²) in [4.78, 5) is 21.9. The maximum Gasteiger partial charge on any atom is 0.260 e. The summed E-state index contributed by atoms with van der Waals surface area (Å²) in [5, 5.41) is 7.91. The molecule has 2 atom stereocenters. The molecule has 2 aromatic heterocycles. The lowest BCUT2D eigenvalue weighted by Gasteiger charge is -2.25. The van der Waals surface area contributed by atoms with Crippen LogP contribution in [0, 0.1) is 0 Å². The number of methoxy groups -OCH3 is 2. The van der Waals surface area contributed by atoms with Gasteiger partial charge in [0.1, 0.15) is 18.5 Å². The monoisotopic (exact) mass is 496 g/mol. The van der Waals surface area contributed by atoms with Crippen LogP contribution in [-0.2, 0) is 9.53 Å². The van der Waals surface area contributed by atoms with Crippen LogP contribution in [0.2, 0.25) is 0 Å². The Kier molecular flexibility index (Phi) is 6.84. The largest absolute Gasteiger partial charge is 0.497 e. The Bertz CT molecular complexity index is 1250. The molecule has 2 aliphatic rings. The zero-order valence-corrected chi connectivity index (χ0v) is 21.1.